The maximum atomic E-state index is 12.2. The number of ether oxygens (including phenoxy) is 1. The Morgan fingerprint density at radius 3 is 2.45 bits per heavy atom. The Bertz CT molecular complexity index is 837. The second-order valence-corrected chi connectivity index (χ2v) is 7.15. The van der Waals surface area contributed by atoms with Crippen LogP contribution >= 0.6 is 0 Å². The molecular weight excluding hydrogens is 364 g/mol. The third kappa shape index (κ3) is 6.31. The molecule has 0 radical (unpaired) electrons. The van der Waals surface area contributed by atoms with Gasteiger partial charge >= 0.3 is 0 Å². The average Bonchev–Trinajstić information content (AvgIpc) is 2.75. The molecule has 1 amide bonds. The summed E-state index contributed by atoms with van der Waals surface area (Å²) in [4.78, 5) is 17.0. The van der Waals surface area contributed by atoms with Gasteiger partial charge in [0.15, 0.2) is 0 Å². The first-order chi connectivity index (χ1) is 14.2. The number of nitriles is 1. The van der Waals surface area contributed by atoms with Gasteiger partial charge in [0.1, 0.15) is 11.8 Å². The zero-order valence-corrected chi connectivity index (χ0v) is 16.9. The van der Waals surface area contributed by atoms with Gasteiger partial charge in [-0.15, -0.1) is 0 Å². The third-order valence-corrected chi connectivity index (χ3v) is 5.08. The Hall–Kier alpha value is -2.88. The monoisotopic (exact) mass is 392 g/mol. The molecule has 2 aromatic rings. The molecule has 0 bridgehead atoms. The van der Waals surface area contributed by atoms with Crippen LogP contribution in [0.2, 0.25) is 0 Å². The molecule has 29 heavy (non-hydrogen) atoms. The van der Waals surface area contributed by atoms with Crippen molar-refractivity contribution in [3.8, 4) is 11.8 Å². The molecular formula is C23H28N4O2. The fourth-order valence-corrected chi connectivity index (χ4v) is 3.45. The van der Waals surface area contributed by atoms with Crippen molar-refractivity contribution in [3.05, 3.63) is 59.7 Å². The molecule has 152 valence electrons. The molecule has 0 saturated carbocycles. The van der Waals surface area contributed by atoms with Crippen molar-refractivity contribution < 1.29 is 9.53 Å². The Labute approximate surface area is 172 Å². The topological polar surface area (TPSA) is 68.6 Å². The Balaban J connectivity index is 1.38. The summed E-state index contributed by atoms with van der Waals surface area (Å²) in [6, 6.07) is 17.5. The molecule has 6 nitrogen and oxygen atoms in total. The van der Waals surface area contributed by atoms with Gasteiger partial charge in [-0.1, -0.05) is 24.3 Å². The third-order valence-electron chi connectivity index (χ3n) is 5.08. The number of para-hydroxylation sites is 1. The van der Waals surface area contributed by atoms with E-state index in [-0.39, 0.29) is 5.91 Å². The summed E-state index contributed by atoms with van der Waals surface area (Å²) in [5, 5.41) is 12.0. The van der Waals surface area contributed by atoms with Gasteiger partial charge in [0.25, 0.3) is 0 Å². The first-order valence-electron chi connectivity index (χ1n) is 10.1. The normalized spacial score (nSPS) is 14.9. The SMILES string of the molecule is CCOc1ccc(CN2CCN(CCC(=O)Nc3ccccc3C#N)CC2)cc1. The van der Waals surface area contributed by atoms with Crippen LogP contribution in [0.1, 0.15) is 24.5 Å². The van der Waals surface area contributed by atoms with Crippen LogP contribution < -0.4 is 10.1 Å². The van der Waals surface area contributed by atoms with Crippen LogP contribution in [-0.2, 0) is 11.3 Å². The maximum Gasteiger partial charge on any atom is 0.225 e. The highest BCUT2D eigenvalue weighted by molar-refractivity contribution is 5.92. The van der Waals surface area contributed by atoms with Gasteiger partial charge in [-0.2, -0.15) is 5.26 Å². The van der Waals surface area contributed by atoms with Crippen molar-refractivity contribution in [2.24, 2.45) is 0 Å². The van der Waals surface area contributed by atoms with Crippen LogP contribution in [0.5, 0.6) is 5.75 Å². The first kappa shape index (κ1) is 20.8. The summed E-state index contributed by atoms with van der Waals surface area (Å²) in [7, 11) is 0. The van der Waals surface area contributed by atoms with Gasteiger partial charge in [0.2, 0.25) is 5.91 Å². The lowest BCUT2D eigenvalue weighted by molar-refractivity contribution is -0.116. The molecule has 1 aliphatic rings. The van der Waals surface area contributed by atoms with Crippen LogP contribution in [0.3, 0.4) is 0 Å². The summed E-state index contributed by atoms with van der Waals surface area (Å²) in [6.07, 6.45) is 0.429. The van der Waals surface area contributed by atoms with Crippen molar-refractivity contribution in [2.75, 3.05) is 44.6 Å². The minimum Gasteiger partial charge on any atom is -0.494 e. The number of nitrogens with one attached hydrogen (secondary N) is 1. The van der Waals surface area contributed by atoms with Crippen LogP contribution in [-0.4, -0.2) is 55.0 Å². The van der Waals surface area contributed by atoms with Crippen molar-refractivity contribution >= 4 is 11.6 Å². The van der Waals surface area contributed by atoms with Gasteiger partial charge in [-0.3, -0.25) is 9.69 Å². The van der Waals surface area contributed by atoms with Crippen molar-refractivity contribution in [3.63, 3.8) is 0 Å². The average molecular weight is 393 g/mol. The fourth-order valence-electron chi connectivity index (χ4n) is 3.45. The summed E-state index contributed by atoms with van der Waals surface area (Å²) in [5.41, 5.74) is 2.36. The number of hydrogen-bond donors (Lipinski definition) is 1. The predicted molar refractivity (Wildman–Crippen MR) is 114 cm³/mol. The van der Waals surface area contributed by atoms with Crippen LogP contribution in [0.15, 0.2) is 48.5 Å². The van der Waals surface area contributed by atoms with E-state index >= 15 is 0 Å². The number of benzene rings is 2. The summed E-state index contributed by atoms with van der Waals surface area (Å²) >= 11 is 0. The molecule has 1 N–H and O–H groups in total. The summed E-state index contributed by atoms with van der Waals surface area (Å²) < 4.78 is 5.49. The number of nitrogens with zero attached hydrogens (tertiary/aromatic N) is 3. The minimum atomic E-state index is -0.0514. The van der Waals surface area contributed by atoms with E-state index in [0.29, 0.717) is 24.3 Å². The van der Waals surface area contributed by atoms with Crippen LogP contribution in [0, 0.1) is 11.3 Å². The Morgan fingerprint density at radius 1 is 1.07 bits per heavy atom. The molecule has 2 aromatic carbocycles. The lowest BCUT2D eigenvalue weighted by Gasteiger charge is -2.34. The van der Waals surface area contributed by atoms with Gasteiger partial charge in [-0.05, 0) is 36.8 Å². The molecule has 1 saturated heterocycles. The number of amides is 1. The number of anilines is 1. The molecule has 0 aliphatic carbocycles. The molecule has 0 spiro atoms. The van der Waals surface area contributed by atoms with Gasteiger partial charge in [-0.25, -0.2) is 0 Å². The van der Waals surface area contributed by atoms with E-state index in [9.17, 15) is 4.79 Å². The second-order valence-electron chi connectivity index (χ2n) is 7.15. The Kier molecular flexibility index (Phi) is 7.62. The Morgan fingerprint density at radius 2 is 1.76 bits per heavy atom. The lowest BCUT2D eigenvalue weighted by atomic mass is 10.2. The summed E-state index contributed by atoms with van der Waals surface area (Å²) in [6.45, 7) is 8.24. The van der Waals surface area contributed by atoms with E-state index in [0.717, 1.165) is 45.0 Å². The minimum absolute atomic E-state index is 0.0514. The fraction of sp³-hybridized carbons (Fsp3) is 0.391. The maximum absolute atomic E-state index is 12.2. The van der Waals surface area contributed by atoms with E-state index < -0.39 is 0 Å². The zero-order chi connectivity index (χ0) is 20.5. The van der Waals surface area contributed by atoms with E-state index in [2.05, 4.69) is 33.3 Å². The van der Waals surface area contributed by atoms with E-state index in [1.807, 2.05) is 25.1 Å². The molecule has 6 heteroatoms. The number of piperazine rings is 1. The molecule has 1 heterocycles. The molecule has 0 aromatic heterocycles. The van der Waals surface area contributed by atoms with Gasteiger partial charge in [0, 0.05) is 45.7 Å². The van der Waals surface area contributed by atoms with E-state index in [4.69, 9.17) is 10.00 Å². The van der Waals surface area contributed by atoms with Crippen molar-refractivity contribution in [1.82, 2.24) is 9.80 Å². The van der Waals surface area contributed by atoms with Crippen molar-refractivity contribution in [1.29, 1.82) is 5.26 Å². The standard InChI is InChI=1S/C23H28N4O2/c1-2-29-21-9-7-19(8-10-21)18-27-15-13-26(14-16-27)12-11-23(28)25-22-6-4-3-5-20(22)17-24/h3-10H,2,11-16,18H2,1H3,(H,25,28). The van der Waals surface area contributed by atoms with E-state index in [1.54, 1.807) is 18.2 Å². The van der Waals surface area contributed by atoms with Gasteiger partial charge < -0.3 is 15.0 Å². The summed E-state index contributed by atoms with van der Waals surface area (Å²) in [5.74, 6) is 0.862. The zero-order valence-electron chi connectivity index (χ0n) is 16.9. The van der Waals surface area contributed by atoms with Crippen LogP contribution in [0.4, 0.5) is 5.69 Å². The van der Waals surface area contributed by atoms with E-state index in [1.165, 1.54) is 5.56 Å². The molecule has 3 rings (SSSR count). The van der Waals surface area contributed by atoms with Gasteiger partial charge in [0.05, 0.1) is 17.9 Å². The molecule has 0 atom stereocenters. The highest BCUT2D eigenvalue weighted by atomic mass is 16.5. The number of carbonyl (C=O) groups excluding carboxylic acids is 1. The van der Waals surface area contributed by atoms with Crippen molar-refractivity contribution in [2.45, 2.75) is 19.9 Å². The molecule has 1 fully saturated rings. The largest absolute Gasteiger partial charge is 0.494 e. The smallest absolute Gasteiger partial charge is 0.225 e. The number of carbonyl (C=O) groups is 1. The molecule has 1 aliphatic heterocycles. The number of rotatable bonds is 8. The lowest BCUT2D eigenvalue weighted by Crippen LogP contribution is -2.46. The van der Waals surface area contributed by atoms with Crippen LogP contribution in [0.25, 0.3) is 0 Å². The second kappa shape index (κ2) is 10.6. The first-order valence-corrected chi connectivity index (χ1v) is 10.1. The number of hydrogen-bond acceptors (Lipinski definition) is 5. The predicted octanol–water partition coefficient (Wildman–Crippen LogP) is 3.10. The highest BCUT2D eigenvalue weighted by Crippen LogP contribution is 2.16. The quantitative estimate of drug-likeness (QED) is 0.748. The molecule has 0 unspecified atom stereocenters. The highest BCUT2D eigenvalue weighted by Gasteiger charge is 2.18.